The fraction of sp³-hybridized carbons (Fsp3) is 0.628. The summed E-state index contributed by atoms with van der Waals surface area (Å²) >= 11 is 6.95. The number of benzene rings is 1. The third kappa shape index (κ3) is 9.09. The largest absolute Gasteiger partial charge is 0.490 e. The van der Waals surface area contributed by atoms with E-state index in [0.717, 1.165) is 12.8 Å². The van der Waals surface area contributed by atoms with Gasteiger partial charge in [-0.15, -0.1) is 0 Å². The number of anilines is 1. The van der Waals surface area contributed by atoms with Crippen molar-refractivity contribution in [3.8, 4) is 22.9 Å². The quantitative estimate of drug-likeness (QED) is 0.110. The van der Waals surface area contributed by atoms with Gasteiger partial charge in [-0.2, -0.15) is 4.98 Å². The number of alkyl carbamates (subject to hydrolysis) is 1. The Labute approximate surface area is 355 Å². The molecule has 1 aromatic carbocycles. The third-order valence-corrected chi connectivity index (χ3v) is 12.4. The van der Waals surface area contributed by atoms with Crippen molar-refractivity contribution in [3.63, 3.8) is 0 Å². The minimum absolute atomic E-state index is 0.0217. The summed E-state index contributed by atoms with van der Waals surface area (Å²) < 4.78 is 34.4. The Morgan fingerprint density at radius 1 is 1.00 bits per heavy atom. The lowest BCUT2D eigenvalue weighted by Gasteiger charge is -2.35. The second kappa shape index (κ2) is 17.3. The first-order chi connectivity index (χ1) is 28.5. The maximum atomic E-state index is 14.8. The van der Waals surface area contributed by atoms with Gasteiger partial charge in [0.1, 0.15) is 64.9 Å². The molecule has 1 saturated heterocycles. The number of aromatic nitrogens is 2. The van der Waals surface area contributed by atoms with Crippen molar-refractivity contribution >= 4 is 52.4 Å². The Bertz CT molecular complexity index is 2100. The molecule has 3 saturated carbocycles. The van der Waals surface area contributed by atoms with Crippen LogP contribution in [0.2, 0.25) is 5.02 Å². The van der Waals surface area contributed by atoms with Crippen molar-refractivity contribution in [1.29, 1.82) is 0 Å². The zero-order valence-electron chi connectivity index (χ0n) is 35.6. The van der Waals surface area contributed by atoms with Crippen LogP contribution in [-0.4, -0.2) is 109 Å². The van der Waals surface area contributed by atoms with Crippen LogP contribution in [0.1, 0.15) is 80.1 Å². The van der Waals surface area contributed by atoms with Crippen LogP contribution in [0.25, 0.3) is 22.3 Å². The fourth-order valence-corrected chi connectivity index (χ4v) is 8.94. The number of amides is 3. The molecule has 3 aromatic rings. The molecule has 8 atom stereocenters. The molecule has 0 radical (unpaired) electrons. The lowest BCUT2D eigenvalue weighted by atomic mass is 9.85. The predicted molar refractivity (Wildman–Crippen MR) is 222 cm³/mol. The highest BCUT2D eigenvalue weighted by Crippen LogP contribution is 2.52. The number of likely N-dealkylation sites (tertiary alicyclic amines) is 1. The summed E-state index contributed by atoms with van der Waals surface area (Å²) in [6, 6.07) is 3.46. The average molecular weight is 853 g/mol. The minimum atomic E-state index is -1.20. The van der Waals surface area contributed by atoms with E-state index in [1.54, 1.807) is 25.3 Å². The highest BCUT2D eigenvalue weighted by atomic mass is 35.5. The summed E-state index contributed by atoms with van der Waals surface area (Å²) in [4.78, 5) is 66.5. The van der Waals surface area contributed by atoms with E-state index in [1.165, 1.54) is 24.7 Å². The number of methoxy groups -OCH3 is 2. The molecule has 326 valence electrons. The summed E-state index contributed by atoms with van der Waals surface area (Å²) in [7, 11) is 2.87. The van der Waals surface area contributed by atoms with E-state index in [0.29, 0.717) is 71.1 Å². The summed E-state index contributed by atoms with van der Waals surface area (Å²) in [6.07, 6.45) is 3.84. The number of pyridine rings is 1. The predicted octanol–water partition coefficient (Wildman–Crippen LogP) is 6.13. The topological polar surface area (TPSA) is 193 Å². The Hall–Kier alpha value is -4.83. The Kier molecular flexibility index (Phi) is 12.5. The highest BCUT2D eigenvalue weighted by molar-refractivity contribution is 6.36. The first kappa shape index (κ1) is 43.3. The van der Waals surface area contributed by atoms with Gasteiger partial charge in [0.2, 0.25) is 11.8 Å². The van der Waals surface area contributed by atoms with Crippen LogP contribution in [0.15, 0.2) is 28.9 Å². The van der Waals surface area contributed by atoms with Gasteiger partial charge in [0.15, 0.2) is 0 Å². The number of esters is 1. The number of halogens is 1. The van der Waals surface area contributed by atoms with E-state index >= 15 is 0 Å². The number of hydrogen-bond acceptors (Lipinski definition) is 13. The number of rotatable bonds is 16. The van der Waals surface area contributed by atoms with E-state index in [9.17, 15) is 19.2 Å². The highest BCUT2D eigenvalue weighted by Gasteiger charge is 2.62. The molecule has 2 aromatic heterocycles. The molecular formula is C43H57ClN6O10. The van der Waals surface area contributed by atoms with Crippen LogP contribution in [0.4, 0.5) is 10.8 Å². The number of ether oxygens (including phenoxy) is 5. The smallest absolute Gasteiger partial charge is 0.408 e. The van der Waals surface area contributed by atoms with Gasteiger partial charge < -0.3 is 49.0 Å². The maximum Gasteiger partial charge on any atom is 0.408 e. The molecule has 0 bridgehead atoms. The van der Waals surface area contributed by atoms with E-state index in [4.69, 9.17) is 44.7 Å². The van der Waals surface area contributed by atoms with Gasteiger partial charge in [-0.25, -0.2) is 14.6 Å². The molecule has 60 heavy (non-hydrogen) atoms. The van der Waals surface area contributed by atoms with Crippen molar-refractivity contribution in [3.05, 3.63) is 29.5 Å². The van der Waals surface area contributed by atoms with E-state index in [2.05, 4.69) is 20.9 Å². The Morgan fingerprint density at radius 3 is 2.40 bits per heavy atom. The molecule has 17 heteroatoms. The van der Waals surface area contributed by atoms with Crippen molar-refractivity contribution in [2.24, 2.45) is 23.2 Å². The number of nitrogens with zero attached hydrogens (tertiary/aromatic N) is 3. The van der Waals surface area contributed by atoms with E-state index in [1.807, 2.05) is 41.5 Å². The molecule has 4 aliphatic rings. The molecule has 1 aliphatic heterocycles. The normalized spacial score (nSPS) is 26.0. The second-order valence-electron chi connectivity index (χ2n) is 17.9. The molecule has 0 spiro atoms. The lowest BCUT2D eigenvalue weighted by molar-refractivity contribution is -0.148. The summed E-state index contributed by atoms with van der Waals surface area (Å²) in [5, 5.41) is 9.75. The molecule has 3 aliphatic carbocycles. The fourth-order valence-electron chi connectivity index (χ4n) is 8.68. The zero-order chi connectivity index (χ0) is 43.1. The van der Waals surface area contributed by atoms with Crippen LogP contribution < -0.4 is 25.4 Å². The van der Waals surface area contributed by atoms with Crippen molar-refractivity contribution < 1.29 is 47.3 Å². The van der Waals surface area contributed by atoms with Crippen LogP contribution in [0.3, 0.4) is 0 Å². The SMILES string of the molecule is CC[C@@H]1C[C@]1(NC(=O)C1C[C@@H](Oc2cc(-c3coc(NC(C)C)n3)nc3c(Cl)c(OCCOC)ccc23)CN1C(=O)[C@@H](NC(=O)OC1C[C@@H]2C[C@@H]2C1)C(C)(C)C)C(=O)OC. The van der Waals surface area contributed by atoms with Crippen molar-refractivity contribution in [2.45, 2.75) is 116 Å². The molecule has 2 unspecified atom stereocenters. The van der Waals surface area contributed by atoms with Crippen LogP contribution >= 0.6 is 11.6 Å². The second-order valence-corrected chi connectivity index (χ2v) is 18.3. The van der Waals surface area contributed by atoms with Gasteiger partial charge in [0.05, 0.1) is 31.5 Å². The molecular weight excluding hydrogens is 796 g/mol. The zero-order valence-corrected chi connectivity index (χ0v) is 36.4. The summed E-state index contributed by atoms with van der Waals surface area (Å²) in [5.74, 6) is 0.304. The first-order valence-electron chi connectivity index (χ1n) is 20.9. The van der Waals surface area contributed by atoms with Gasteiger partial charge in [-0.1, -0.05) is 45.7 Å². The molecule has 16 nitrogen and oxygen atoms in total. The number of carbonyl (C=O) groups is 4. The molecule has 7 rings (SSSR count). The van der Waals surface area contributed by atoms with Crippen molar-refractivity contribution in [2.75, 3.05) is 39.3 Å². The molecule has 3 N–H and O–H groups in total. The average Bonchev–Trinajstić information content (AvgIpc) is 3.86. The molecule has 3 amide bonds. The number of oxazole rings is 1. The van der Waals surface area contributed by atoms with Gasteiger partial charge in [-0.3, -0.25) is 9.59 Å². The number of fused-ring (bicyclic) bond motifs is 2. The van der Waals surface area contributed by atoms with E-state index < -0.39 is 53.0 Å². The maximum absolute atomic E-state index is 14.8. The number of carbonyl (C=O) groups excluding carboxylic acids is 4. The van der Waals surface area contributed by atoms with Crippen LogP contribution in [0, 0.1) is 23.2 Å². The molecule has 4 fully saturated rings. The Morgan fingerprint density at radius 2 is 1.75 bits per heavy atom. The third-order valence-electron chi connectivity index (χ3n) is 12.1. The number of hydrogen-bond donors (Lipinski definition) is 3. The summed E-state index contributed by atoms with van der Waals surface area (Å²) in [6.45, 7) is 12.0. The standard InChI is InChI=1S/C43H57ClN6O10/c1-9-25-19-43(25,39(53)56-8)49-37(51)31-17-27(20-50(31)38(52)36(42(4,5)6)48-41(54)60-26-15-23-14-24(23)16-26)59-33-18-29(30-21-58-40(47-30)45-22(2)3)46-35-28(33)10-11-32(34(35)44)57-13-12-55-7/h10-11,18,21-27,31,36H,9,12-17,19-20H2,1-8H3,(H,45,47)(H,48,54)(H,49,51)/t23-,24+,25-,26?,27-,31?,36-,43-/m1/s1. The van der Waals surface area contributed by atoms with Gasteiger partial charge >= 0.3 is 12.1 Å². The molecule has 3 heterocycles. The van der Waals surface area contributed by atoms with Crippen LogP contribution in [-0.2, 0) is 28.6 Å². The number of nitrogens with one attached hydrogen (secondary N) is 3. The van der Waals surface area contributed by atoms with Crippen LogP contribution in [0.5, 0.6) is 11.5 Å². The minimum Gasteiger partial charge on any atom is -0.490 e. The summed E-state index contributed by atoms with van der Waals surface area (Å²) in [5.41, 5.74) is -0.796. The Balaban J connectivity index is 1.21. The first-order valence-corrected chi connectivity index (χ1v) is 21.2. The van der Waals surface area contributed by atoms with Gasteiger partial charge in [0.25, 0.3) is 6.01 Å². The van der Waals surface area contributed by atoms with E-state index in [-0.39, 0.29) is 42.7 Å². The van der Waals surface area contributed by atoms with Gasteiger partial charge in [0, 0.05) is 31.0 Å². The lowest BCUT2D eigenvalue weighted by Crippen LogP contribution is -2.59. The van der Waals surface area contributed by atoms with Crippen molar-refractivity contribution in [1.82, 2.24) is 25.5 Å². The monoisotopic (exact) mass is 852 g/mol. The van der Waals surface area contributed by atoms with Gasteiger partial charge in [-0.05, 0) is 74.8 Å².